The van der Waals surface area contributed by atoms with Gasteiger partial charge in [0.25, 0.3) is 10.0 Å². The predicted octanol–water partition coefficient (Wildman–Crippen LogP) is 2.62. The lowest BCUT2D eigenvalue weighted by molar-refractivity contribution is 0.592. The van der Waals surface area contributed by atoms with E-state index < -0.39 is 15.8 Å². The number of hydrogen-bond acceptors (Lipinski definition) is 3. The van der Waals surface area contributed by atoms with Crippen molar-refractivity contribution in [3.05, 3.63) is 53.8 Å². The summed E-state index contributed by atoms with van der Waals surface area (Å²) >= 11 is 0. The molecule has 0 saturated heterocycles. The standard InChI is InChI=1S/C15H15FN2O2S/c1-17-13-4-2-3-5-15(13)21(19,20)18-9-8-11-6-7-12(16)10-14(11)18/h2-7,10,17H,8-9H2,1H3. The molecule has 0 saturated carbocycles. The lowest BCUT2D eigenvalue weighted by atomic mass is 10.2. The molecule has 0 spiro atoms. The summed E-state index contributed by atoms with van der Waals surface area (Å²) in [6, 6.07) is 11.0. The maximum absolute atomic E-state index is 13.4. The summed E-state index contributed by atoms with van der Waals surface area (Å²) < 4.78 is 40.4. The van der Waals surface area contributed by atoms with Crippen LogP contribution in [0, 0.1) is 5.82 Å². The Labute approximate surface area is 123 Å². The van der Waals surface area contributed by atoms with Gasteiger partial charge in [0.15, 0.2) is 0 Å². The van der Waals surface area contributed by atoms with Gasteiger partial charge in [0, 0.05) is 13.6 Å². The van der Waals surface area contributed by atoms with Gasteiger partial charge in [-0.1, -0.05) is 18.2 Å². The molecule has 1 aliphatic rings. The Hall–Kier alpha value is -2.08. The maximum Gasteiger partial charge on any atom is 0.266 e. The highest BCUT2D eigenvalue weighted by Crippen LogP contribution is 2.35. The third kappa shape index (κ3) is 2.25. The highest BCUT2D eigenvalue weighted by molar-refractivity contribution is 7.93. The summed E-state index contributed by atoms with van der Waals surface area (Å²) in [6.07, 6.45) is 0.594. The van der Waals surface area contributed by atoms with Gasteiger partial charge in [0.1, 0.15) is 10.7 Å². The molecule has 21 heavy (non-hydrogen) atoms. The van der Waals surface area contributed by atoms with E-state index in [1.165, 1.54) is 16.4 Å². The molecule has 0 bridgehead atoms. The van der Waals surface area contributed by atoms with E-state index in [0.717, 1.165) is 5.56 Å². The number of para-hydroxylation sites is 1. The highest BCUT2D eigenvalue weighted by atomic mass is 32.2. The lowest BCUT2D eigenvalue weighted by Gasteiger charge is -2.21. The van der Waals surface area contributed by atoms with Crippen molar-refractivity contribution in [2.24, 2.45) is 0 Å². The maximum atomic E-state index is 13.4. The number of halogens is 1. The van der Waals surface area contributed by atoms with Crippen LogP contribution in [0.2, 0.25) is 0 Å². The van der Waals surface area contributed by atoms with Crippen LogP contribution < -0.4 is 9.62 Å². The lowest BCUT2D eigenvalue weighted by Crippen LogP contribution is -2.29. The second kappa shape index (κ2) is 5.04. The smallest absolute Gasteiger partial charge is 0.266 e. The van der Waals surface area contributed by atoms with Crippen molar-refractivity contribution in [2.75, 3.05) is 23.2 Å². The van der Waals surface area contributed by atoms with E-state index in [0.29, 0.717) is 24.3 Å². The van der Waals surface area contributed by atoms with E-state index in [4.69, 9.17) is 0 Å². The number of anilines is 2. The quantitative estimate of drug-likeness (QED) is 0.948. The van der Waals surface area contributed by atoms with E-state index in [-0.39, 0.29) is 4.90 Å². The molecular weight excluding hydrogens is 291 g/mol. The zero-order chi connectivity index (χ0) is 15.0. The van der Waals surface area contributed by atoms with Gasteiger partial charge in [0.05, 0.1) is 11.4 Å². The number of rotatable bonds is 3. The van der Waals surface area contributed by atoms with Crippen LogP contribution in [0.1, 0.15) is 5.56 Å². The van der Waals surface area contributed by atoms with Crippen LogP contribution in [-0.4, -0.2) is 22.0 Å². The molecule has 0 fully saturated rings. The number of nitrogens with zero attached hydrogens (tertiary/aromatic N) is 1. The molecule has 1 N–H and O–H groups in total. The normalized spacial score (nSPS) is 14.1. The van der Waals surface area contributed by atoms with Crippen molar-refractivity contribution in [3.8, 4) is 0 Å². The van der Waals surface area contributed by atoms with Crippen molar-refractivity contribution >= 4 is 21.4 Å². The van der Waals surface area contributed by atoms with Crippen molar-refractivity contribution < 1.29 is 12.8 Å². The van der Waals surface area contributed by atoms with Crippen molar-refractivity contribution in [2.45, 2.75) is 11.3 Å². The fourth-order valence-electron chi connectivity index (χ4n) is 2.59. The Morgan fingerprint density at radius 3 is 2.71 bits per heavy atom. The SMILES string of the molecule is CNc1ccccc1S(=O)(=O)N1CCc2ccc(F)cc21. The Morgan fingerprint density at radius 1 is 1.19 bits per heavy atom. The van der Waals surface area contributed by atoms with Gasteiger partial charge in [-0.15, -0.1) is 0 Å². The molecule has 1 heterocycles. The van der Waals surface area contributed by atoms with Crippen LogP contribution in [0.25, 0.3) is 0 Å². The third-order valence-electron chi connectivity index (χ3n) is 3.62. The first kappa shape index (κ1) is 13.9. The number of sulfonamides is 1. The van der Waals surface area contributed by atoms with Crippen LogP contribution in [0.15, 0.2) is 47.4 Å². The fraction of sp³-hybridized carbons (Fsp3) is 0.200. The van der Waals surface area contributed by atoms with Crippen molar-refractivity contribution in [1.82, 2.24) is 0 Å². The minimum atomic E-state index is -3.71. The van der Waals surface area contributed by atoms with Gasteiger partial charge >= 0.3 is 0 Å². The van der Waals surface area contributed by atoms with Crippen molar-refractivity contribution in [1.29, 1.82) is 0 Å². The zero-order valence-corrected chi connectivity index (χ0v) is 12.3. The van der Waals surface area contributed by atoms with Gasteiger partial charge < -0.3 is 5.32 Å². The largest absolute Gasteiger partial charge is 0.387 e. The van der Waals surface area contributed by atoms with Gasteiger partial charge in [-0.25, -0.2) is 12.8 Å². The second-order valence-corrected chi connectivity index (χ2v) is 6.68. The first-order chi connectivity index (χ1) is 10.0. The molecule has 2 aromatic rings. The van der Waals surface area contributed by atoms with Crippen LogP contribution in [0.5, 0.6) is 0 Å². The van der Waals surface area contributed by atoms with Gasteiger partial charge in [-0.3, -0.25) is 4.31 Å². The average Bonchev–Trinajstić information content (AvgIpc) is 2.90. The Kier molecular flexibility index (Phi) is 3.33. The monoisotopic (exact) mass is 306 g/mol. The minimum Gasteiger partial charge on any atom is -0.387 e. The summed E-state index contributed by atoms with van der Waals surface area (Å²) in [6.45, 7) is 0.333. The van der Waals surface area contributed by atoms with Crippen LogP contribution >= 0.6 is 0 Å². The molecule has 0 atom stereocenters. The predicted molar refractivity (Wildman–Crippen MR) is 80.6 cm³/mol. The molecule has 2 aromatic carbocycles. The molecule has 0 aromatic heterocycles. The third-order valence-corrected chi connectivity index (χ3v) is 5.50. The number of benzene rings is 2. The highest BCUT2D eigenvalue weighted by Gasteiger charge is 2.32. The van der Waals surface area contributed by atoms with Gasteiger partial charge in [0.2, 0.25) is 0 Å². The van der Waals surface area contributed by atoms with Gasteiger partial charge in [-0.2, -0.15) is 0 Å². The van der Waals surface area contributed by atoms with Crippen LogP contribution in [-0.2, 0) is 16.4 Å². The van der Waals surface area contributed by atoms with Gasteiger partial charge in [-0.05, 0) is 36.2 Å². The van der Waals surface area contributed by atoms with E-state index in [1.54, 1.807) is 37.4 Å². The van der Waals surface area contributed by atoms with Crippen molar-refractivity contribution in [3.63, 3.8) is 0 Å². The molecule has 4 nitrogen and oxygen atoms in total. The summed E-state index contributed by atoms with van der Waals surface area (Å²) in [4.78, 5) is 0.199. The molecule has 1 aliphatic heterocycles. The Balaban J connectivity index is 2.11. The molecular formula is C15H15FN2O2S. The Morgan fingerprint density at radius 2 is 1.95 bits per heavy atom. The summed E-state index contributed by atoms with van der Waals surface area (Å²) in [7, 11) is -2.03. The first-order valence-corrected chi connectivity index (χ1v) is 8.06. The van der Waals surface area contributed by atoms with E-state index in [1.807, 2.05) is 0 Å². The fourth-order valence-corrected chi connectivity index (χ4v) is 4.29. The number of hydrogen-bond donors (Lipinski definition) is 1. The summed E-state index contributed by atoms with van der Waals surface area (Å²) in [5.41, 5.74) is 1.81. The number of fused-ring (bicyclic) bond motifs is 1. The molecule has 0 aliphatic carbocycles. The second-order valence-electron chi connectivity index (χ2n) is 4.85. The molecule has 110 valence electrons. The van der Waals surface area contributed by atoms with E-state index in [9.17, 15) is 12.8 Å². The number of nitrogens with one attached hydrogen (secondary N) is 1. The molecule has 3 rings (SSSR count). The average molecular weight is 306 g/mol. The molecule has 0 unspecified atom stereocenters. The Bertz CT molecular complexity index is 790. The molecule has 0 radical (unpaired) electrons. The summed E-state index contributed by atoms with van der Waals surface area (Å²) in [5, 5.41) is 2.88. The minimum absolute atomic E-state index is 0.199. The topological polar surface area (TPSA) is 49.4 Å². The van der Waals surface area contributed by atoms with E-state index >= 15 is 0 Å². The van der Waals surface area contributed by atoms with Crippen LogP contribution in [0.4, 0.5) is 15.8 Å². The first-order valence-electron chi connectivity index (χ1n) is 6.62. The van der Waals surface area contributed by atoms with Crippen LogP contribution in [0.3, 0.4) is 0 Å². The summed E-state index contributed by atoms with van der Waals surface area (Å²) in [5.74, 6) is -0.433. The van der Waals surface area contributed by atoms with E-state index in [2.05, 4.69) is 5.32 Å². The zero-order valence-electron chi connectivity index (χ0n) is 11.5. The molecule has 6 heteroatoms. The molecule has 0 amide bonds.